The number of carbonyl (C=O) groups excluding carboxylic acids is 1. The molecule has 1 atom stereocenters. The van der Waals surface area contributed by atoms with Crippen LogP contribution in [0.25, 0.3) is 0 Å². The van der Waals surface area contributed by atoms with Gasteiger partial charge in [0.05, 0.1) is 6.61 Å². The van der Waals surface area contributed by atoms with Crippen molar-refractivity contribution in [2.75, 3.05) is 20.3 Å². The normalized spacial score (nSPS) is 14.1. The van der Waals surface area contributed by atoms with Gasteiger partial charge in [-0.2, -0.15) is 0 Å². The average molecular weight is 301 g/mol. The molecule has 0 fully saturated rings. The van der Waals surface area contributed by atoms with Crippen molar-refractivity contribution in [1.29, 1.82) is 0 Å². The lowest BCUT2D eigenvalue weighted by Gasteiger charge is -2.24. The van der Waals surface area contributed by atoms with Crippen LogP contribution in [-0.4, -0.2) is 26.2 Å². The Labute approximate surface area is 110 Å². The number of methoxy groups -OCH3 is 1. The second-order valence-electron chi connectivity index (χ2n) is 3.96. The van der Waals surface area contributed by atoms with E-state index in [1.54, 1.807) is 14.0 Å². The molecule has 0 bridgehead atoms. The Balaban J connectivity index is 2.72. The van der Waals surface area contributed by atoms with Crippen LogP contribution in [0.2, 0.25) is 0 Å². The molecule has 3 N–H and O–H groups in total. The molecule has 0 aliphatic rings. The number of hydrogen-bond acceptors (Lipinski definition) is 3. The summed E-state index contributed by atoms with van der Waals surface area (Å²) in [4.78, 5) is 11.9. The van der Waals surface area contributed by atoms with Crippen molar-refractivity contribution in [3.05, 3.63) is 34.3 Å². The number of halogens is 1. The van der Waals surface area contributed by atoms with Gasteiger partial charge in [-0.25, -0.2) is 0 Å². The summed E-state index contributed by atoms with van der Waals surface area (Å²) in [5, 5.41) is 2.74. The number of hydrogen-bond donors (Lipinski definition) is 2. The van der Waals surface area contributed by atoms with Gasteiger partial charge >= 0.3 is 0 Å². The van der Waals surface area contributed by atoms with Crippen LogP contribution >= 0.6 is 15.9 Å². The first kappa shape index (κ1) is 14.2. The number of carbonyl (C=O) groups is 1. The van der Waals surface area contributed by atoms with Gasteiger partial charge in [-0.3, -0.25) is 4.79 Å². The largest absolute Gasteiger partial charge is 0.383 e. The monoisotopic (exact) mass is 300 g/mol. The summed E-state index contributed by atoms with van der Waals surface area (Å²) >= 11 is 3.34. The summed E-state index contributed by atoms with van der Waals surface area (Å²) in [6.07, 6.45) is 0. The predicted octanol–water partition coefficient (Wildman–Crippen LogP) is 1.39. The molecule has 5 heteroatoms. The standard InChI is InChI=1S/C12H17BrN2O2/c1-12(14,11(16)15-7-8-17-2)9-3-5-10(13)6-4-9/h3-6H,7-8,14H2,1-2H3,(H,15,16). The van der Waals surface area contributed by atoms with Gasteiger partial charge in [0.2, 0.25) is 5.91 Å². The highest BCUT2D eigenvalue weighted by molar-refractivity contribution is 9.10. The maximum absolute atomic E-state index is 11.9. The highest BCUT2D eigenvalue weighted by atomic mass is 79.9. The number of rotatable bonds is 5. The summed E-state index contributed by atoms with van der Waals surface area (Å²) in [5.41, 5.74) is 5.79. The van der Waals surface area contributed by atoms with E-state index in [1.807, 2.05) is 24.3 Å². The minimum absolute atomic E-state index is 0.211. The van der Waals surface area contributed by atoms with Crippen molar-refractivity contribution in [1.82, 2.24) is 5.32 Å². The molecule has 0 spiro atoms. The van der Waals surface area contributed by atoms with E-state index < -0.39 is 5.54 Å². The SMILES string of the molecule is COCCNC(=O)C(C)(N)c1ccc(Br)cc1. The van der Waals surface area contributed by atoms with Crippen molar-refractivity contribution < 1.29 is 9.53 Å². The molecule has 17 heavy (non-hydrogen) atoms. The van der Waals surface area contributed by atoms with Crippen molar-refractivity contribution in [2.45, 2.75) is 12.5 Å². The zero-order valence-electron chi connectivity index (χ0n) is 10.00. The van der Waals surface area contributed by atoms with E-state index in [-0.39, 0.29) is 5.91 Å². The lowest BCUT2D eigenvalue weighted by molar-refractivity contribution is -0.126. The summed E-state index contributed by atoms with van der Waals surface area (Å²) in [6, 6.07) is 7.39. The van der Waals surface area contributed by atoms with Crippen LogP contribution in [0.3, 0.4) is 0 Å². The summed E-state index contributed by atoms with van der Waals surface area (Å²) in [5.74, 6) is -0.211. The van der Waals surface area contributed by atoms with Gasteiger partial charge in [0.25, 0.3) is 0 Å². The number of ether oxygens (including phenoxy) is 1. The molecule has 0 radical (unpaired) electrons. The van der Waals surface area contributed by atoms with E-state index >= 15 is 0 Å². The molecule has 1 unspecified atom stereocenters. The lowest BCUT2D eigenvalue weighted by atomic mass is 9.92. The van der Waals surface area contributed by atoms with E-state index in [9.17, 15) is 4.79 Å². The summed E-state index contributed by atoms with van der Waals surface area (Å²) < 4.78 is 5.82. The first-order chi connectivity index (χ1) is 7.98. The molecular formula is C12H17BrN2O2. The van der Waals surface area contributed by atoms with Crippen LogP contribution in [0.1, 0.15) is 12.5 Å². The van der Waals surface area contributed by atoms with E-state index in [0.717, 1.165) is 10.0 Å². The van der Waals surface area contributed by atoms with Gasteiger partial charge in [0.1, 0.15) is 5.54 Å². The first-order valence-electron chi connectivity index (χ1n) is 5.30. The third-order valence-electron chi connectivity index (χ3n) is 2.51. The van der Waals surface area contributed by atoms with Crippen LogP contribution in [0, 0.1) is 0 Å². The first-order valence-corrected chi connectivity index (χ1v) is 6.10. The van der Waals surface area contributed by atoms with Gasteiger partial charge in [-0.1, -0.05) is 28.1 Å². The molecule has 0 aliphatic carbocycles. The van der Waals surface area contributed by atoms with E-state index in [4.69, 9.17) is 10.5 Å². The second kappa shape index (κ2) is 6.14. The van der Waals surface area contributed by atoms with Gasteiger partial charge < -0.3 is 15.8 Å². The van der Waals surface area contributed by atoms with E-state index in [1.165, 1.54) is 0 Å². The Morgan fingerprint density at radius 2 is 2.06 bits per heavy atom. The fraction of sp³-hybridized carbons (Fsp3) is 0.417. The molecule has 0 heterocycles. The fourth-order valence-electron chi connectivity index (χ4n) is 1.38. The highest BCUT2D eigenvalue weighted by Gasteiger charge is 2.29. The number of benzene rings is 1. The summed E-state index contributed by atoms with van der Waals surface area (Å²) in [7, 11) is 1.59. The molecule has 1 amide bonds. The number of amides is 1. The Bertz CT molecular complexity index is 377. The van der Waals surface area contributed by atoms with Crippen LogP contribution in [0.4, 0.5) is 0 Å². The van der Waals surface area contributed by atoms with Crippen molar-refractivity contribution in [3.8, 4) is 0 Å². The maximum atomic E-state index is 11.9. The molecule has 0 saturated heterocycles. The van der Waals surface area contributed by atoms with Gasteiger partial charge in [0.15, 0.2) is 0 Å². The molecule has 0 aliphatic heterocycles. The average Bonchev–Trinajstić information content (AvgIpc) is 2.29. The smallest absolute Gasteiger partial charge is 0.244 e. The Kier molecular flexibility index (Phi) is 5.11. The molecule has 4 nitrogen and oxygen atoms in total. The molecule has 0 saturated carbocycles. The van der Waals surface area contributed by atoms with Crippen LogP contribution in [0.5, 0.6) is 0 Å². The zero-order chi connectivity index (χ0) is 12.9. The van der Waals surface area contributed by atoms with E-state index in [0.29, 0.717) is 13.2 Å². The fourth-order valence-corrected chi connectivity index (χ4v) is 1.64. The van der Waals surface area contributed by atoms with Gasteiger partial charge in [0, 0.05) is 18.1 Å². The Morgan fingerprint density at radius 1 is 1.47 bits per heavy atom. The van der Waals surface area contributed by atoms with Crippen molar-refractivity contribution >= 4 is 21.8 Å². The maximum Gasteiger partial charge on any atom is 0.244 e. The predicted molar refractivity (Wildman–Crippen MR) is 70.6 cm³/mol. The quantitative estimate of drug-likeness (QED) is 0.808. The molecule has 94 valence electrons. The second-order valence-corrected chi connectivity index (χ2v) is 4.87. The molecular weight excluding hydrogens is 284 g/mol. The van der Waals surface area contributed by atoms with Crippen LogP contribution in [-0.2, 0) is 15.1 Å². The topological polar surface area (TPSA) is 64.3 Å². The van der Waals surface area contributed by atoms with Crippen LogP contribution in [0.15, 0.2) is 28.7 Å². The number of nitrogens with two attached hydrogens (primary N) is 1. The molecule has 1 rings (SSSR count). The van der Waals surface area contributed by atoms with E-state index in [2.05, 4.69) is 21.2 Å². The summed E-state index contributed by atoms with van der Waals surface area (Å²) in [6.45, 7) is 2.62. The Hall–Kier alpha value is -0.910. The van der Waals surface area contributed by atoms with Crippen molar-refractivity contribution in [3.63, 3.8) is 0 Å². The highest BCUT2D eigenvalue weighted by Crippen LogP contribution is 2.20. The Morgan fingerprint density at radius 3 is 2.59 bits per heavy atom. The third kappa shape index (κ3) is 3.80. The zero-order valence-corrected chi connectivity index (χ0v) is 11.6. The third-order valence-corrected chi connectivity index (χ3v) is 3.04. The molecule has 1 aromatic carbocycles. The van der Waals surface area contributed by atoms with Crippen molar-refractivity contribution in [2.24, 2.45) is 5.73 Å². The minimum atomic E-state index is -1.03. The van der Waals surface area contributed by atoms with Gasteiger partial charge in [-0.15, -0.1) is 0 Å². The number of nitrogens with one attached hydrogen (secondary N) is 1. The van der Waals surface area contributed by atoms with Crippen LogP contribution < -0.4 is 11.1 Å². The lowest BCUT2D eigenvalue weighted by Crippen LogP contribution is -2.49. The molecule has 1 aromatic rings. The molecule has 0 aromatic heterocycles. The van der Waals surface area contributed by atoms with Gasteiger partial charge in [-0.05, 0) is 24.6 Å². The minimum Gasteiger partial charge on any atom is -0.383 e.